The number of hydrogen-bond donors (Lipinski definition) is 1. The molecule has 2 aromatic rings. The van der Waals surface area contributed by atoms with Gasteiger partial charge in [-0.15, -0.1) is 0 Å². The Morgan fingerprint density at radius 1 is 1.39 bits per heavy atom. The summed E-state index contributed by atoms with van der Waals surface area (Å²) < 4.78 is 16.9. The van der Waals surface area contributed by atoms with Crippen molar-refractivity contribution in [3.05, 3.63) is 36.1 Å². The maximum Gasteiger partial charge on any atom is 0.249 e. The van der Waals surface area contributed by atoms with Crippen molar-refractivity contribution in [2.24, 2.45) is 0 Å². The number of benzene rings is 1. The Hall–Kier alpha value is -1.85. The van der Waals surface area contributed by atoms with Gasteiger partial charge in [-0.05, 0) is 38.8 Å². The molecule has 124 valence electrons. The van der Waals surface area contributed by atoms with Crippen molar-refractivity contribution in [3.8, 4) is 0 Å². The molecular weight excluding hydrogens is 294 g/mol. The number of para-hydroxylation sites is 1. The van der Waals surface area contributed by atoms with Crippen LogP contribution in [0.5, 0.6) is 0 Å². The van der Waals surface area contributed by atoms with Crippen molar-refractivity contribution in [1.29, 1.82) is 0 Å². The van der Waals surface area contributed by atoms with Gasteiger partial charge in [0.1, 0.15) is 17.4 Å². The van der Waals surface area contributed by atoms with Crippen LogP contribution in [-0.2, 0) is 14.3 Å². The molecule has 0 saturated carbocycles. The average molecular weight is 317 g/mol. The lowest BCUT2D eigenvalue weighted by Crippen LogP contribution is -2.37. The minimum absolute atomic E-state index is 0.123. The van der Waals surface area contributed by atoms with E-state index < -0.39 is 6.10 Å². The lowest BCUT2D eigenvalue weighted by Gasteiger charge is -2.18. The number of furan rings is 1. The highest BCUT2D eigenvalue weighted by Gasteiger charge is 2.22. The number of hydrogen-bond acceptors (Lipinski definition) is 4. The Kier molecular flexibility index (Phi) is 4.98. The van der Waals surface area contributed by atoms with Crippen LogP contribution in [0.4, 0.5) is 0 Å². The first kappa shape index (κ1) is 16.0. The van der Waals surface area contributed by atoms with E-state index in [9.17, 15) is 4.79 Å². The van der Waals surface area contributed by atoms with Crippen LogP contribution in [0.15, 0.2) is 34.7 Å². The molecule has 1 fully saturated rings. The Labute approximate surface area is 135 Å². The molecule has 1 aliphatic rings. The maximum atomic E-state index is 12.2. The molecule has 1 amide bonds. The van der Waals surface area contributed by atoms with Crippen LogP contribution < -0.4 is 5.32 Å². The predicted octanol–water partition coefficient (Wildman–Crippen LogP) is 3.19. The molecule has 1 aromatic carbocycles. The third-order valence-electron chi connectivity index (χ3n) is 4.16. The standard InChI is InChI=1S/C18H23NO4/c1-12(17-10-14-6-3-4-8-16(14)23-17)19-18(20)13(2)22-11-15-7-5-9-21-15/h3-4,6,8,10,12-13,15H,5,7,9,11H2,1-2H3,(H,19,20)/t12-,13+,15-/m1/s1. The third kappa shape index (κ3) is 3.92. The predicted molar refractivity (Wildman–Crippen MR) is 87.2 cm³/mol. The van der Waals surface area contributed by atoms with E-state index in [1.165, 1.54) is 0 Å². The fraction of sp³-hybridized carbons (Fsp3) is 0.500. The summed E-state index contributed by atoms with van der Waals surface area (Å²) >= 11 is 0. The molecule has 1 aromatic heterocycles. The lowest BCUT2D eigenvalue weighted by atomic mass is 10.2. The molecule has 3 atom stereocenters. The molecule has 0 radical (unpaired) electrons. The van der Waals surface area contributed by atoms with E-state index in [2.05, 4.69) is 5.32 Å². The Balaban J connectivity index is 1.53. The van der Waals surface area contributed by atoms with Gasteiger partial charge in [0.15, 0.2) is 0 Å². The van der Waals surface area contributed by atoms with E-state index in [-0.39, 0.29) is 18.1 Å². The van der Waals surface area contributed by atoms with Gasteiger partial charge in [-0.1, -0.05) is 18.2 Å². The van der Waals surface area contributed by atoms with Crippen LogP contribution in [0.25, 0.3) is 11.0 Å². The highest BCUT2D eigenvalue weighted by atomic mass is 16.5. The van der Waals surface area contributed by atoms with Crippen molar-refractivity contribution in [2.75, 3.05) is 13.2 Å². The van der Waals surface area contributed by atoms with Crippen LogP contribution in [0, 0.1) is 0 Å². The SMILES string of the molecule is C[C@H](OC[C@H]1CCCO1)C(=O)N[C@H](C)c1cc2ccccc2o1. The summed E-state index contributed by atoms with van der Waals surface area (Å²) in [4.78, 5) is 12.2. The lowest BCUT2D eigenvalue weighted by molar-refractivity contribution is -0.134. The molecule has 3 rings (SSSR count). The minimum atomic E-state index is -0.508. The Bertz CT molecular complexity index is 627. The first-order valence-corrected chi connectivity index (χ1v) is 8.15. The van der Waals surface area contributed by atoms with Gasteiger partial charge < -0.3 is 19.2 Å². The van der Waals surface area contributed by atoms with Crippen molar-refractivity contribution >= 4 is 16.9 Å². The Morgan fingerprint density at radius 2 is 2.22 bits per heavy atom. The molecule has 0 unspecified atom stereocenters. The summed E-state index contributed by atoms with van der Waals surface area (Å²) in [5.74, 6) is 0.599. The average Bonchev–Trinajstić information content (AvgIpc) is 3.21. The van der Waals surface area contributed by atoms with Gasteiger partial charge in [-0.2, -0.15) is 0 Å². The summed E-state index contributed by atoms with van der Waals surface area (Å²) in [6.07, 6.45) is 1.69. The van der Waals surface area contributed by atoms with Crippen molar-refractivity contribution in [3.63, 3.8) is 0 Å². The number of carbonyl (C=O) groups is 1. The second-order valence-electron chi connectivity index (χ2n) is 6.03. The number of amides is 1. The van der Waals surface area contributed by atoms with Gasteiger partial charge in [-0.25, -0.2) is 0 Å². The first-order chi connectivity index (χ1) is 11.1. The molecule has 5 heteroatoms. The van der Waals surface area contributed by atoms with Crippen molar-refractivity contribution < 1.29 is 18.7 Å². The van der Waals surface area contributed by atoms with Gasteiger partial charge in [-0.3, -0.25) is 4.79 Å². The maximum absolute atomic E-state index is 12.2. The quantitative estimate of drug-likeness (QED) is 0.889. The van der Waals surface area contributed by atoms with E-state index in [1.807, 2.05) is 37.3 Å². The normalized spacial score (nSPS) is 20.5. The number of fused-ring (bicyclic) bond motifs is 1. The zero-order chi connectivity index (χ0) is 16.2. The highest BCUT2D eigenvalue weighted by Crippen LogP contribution is 2.23. The fourth-order valence-corrected chi connectivity index (χ4v) is 2.72. The van der Waals surface area contributed by atoms with Gasteiger partial charge in [0.05, 0.1) is 18.8 Å². The fourth-order valence-electron chi connectivity index (χ4n) is 2.72. The van der Waals surface area contributed by atoms with Gasteiger partial charge in [0.25, 0.3) is 0 Å². The van der Waals surface area contributed by atoms with Gasteiger partial charge in [0.2, 0.25) is 5.91 Å². The molecular formula is C18H23NO4. The molecule has 0 spiro atoms. The van der Waals surface area contributed by atoms with E-state index >= 15 is 0 Å². The van der Waals surface area contributed by atoms with E-state index in [4.69, 9.17) is 13.9 Å². The largest absolute Gasteiger partial charge is 0.459 e. The second kappa shape index (κ2) is 7.15. The molecule has 2 heterocycles. The van der Waals surface area contributed by atoms with Gasteiger partial charge in [0, 0.05) is 12.0 Å². The monoisotopic (exact) mass is 317 g/mol. The zero-order valence-electron chi connectivity index (χ0n) is 13.6. The topological polar surface area (TPSA) is 60.7 Å². The van der Waals surface area contributed by atoms with Crippen molar-refractivity contribution in [2.45, 2.75) is 44.9 Å². The highest BCUT2D eigenvalue weighted by molar-refractivity contribution is 5.81. The van der Waals surface area contributed by atoms with Crippen LogP contribution in [0.3, 0.4) is 0 Å². The van der Waals surface area contributed by atoms with Crippen LogP contribution >= 0.6 is 0 Å². The zero-order valence-corrected chi connectivity index (χ0v) is 13.6. The van der Waals surface area contributed by atoms with Gasteiger partial charge >= 0.3 is 0 Å². The number of rotatable bonds is 6. The molecule has 5 nitrogen and oxygen atoms in total. The van der Waals surface area contributed by atoms with Crippen molar-refractivity contribution in [1.82, 2.24) is 5.32 Å². The summed E-state index contributed by atoms with van der Waals surface area (Å²) in [5, 5.41) is 3.97. The van der Waals surface area contributed by atoms with E-state index in [0.717, 1.165) is 36.2 Å². The van der Waals surface area contributed by atoms with Crippen LogP contribution in [0.2, 0.25) is 0 Å². The smallest absolute Gasteiger partial charge is 0.249 e. The third-order valence-corrected chi connectivity index (χ3v) is 4.16. The summed E-state index contributed by atoms with van der Waals surface area (Å²) in [5.41, 5.74) is 0.825. The second-order valence-corrected chi connectivity index (χ2v) is 6.03. The molecule has 0 bridgehead atoms. The molecule has 0 aliphatic carbocycles. The minimum Gasteiger partial charge on any atom is -0.459 e. The number of ether oxygens (including phenoxy) is 2. The molecule has 23 heavy (non-hydrogen) atoms. The molecule has 1 saturated heterocycles. The number of nitrogens with one attached hydrogen (secondary N) is 1. The summed E-state index contributed by atoms with van der Waals surface area (Å²) in [7, 11) is 0. The van der Waals surface area contributed by atoms with Crippen LogP contribution in [0.1, 0.15) is 38.5 Å². The summed E-state index contributed by atoms with van der Waals surface area (Å²) in [6.45, 7) is 4.92. The van der Waals surface area contributed by atoms with Crippen LogP contribution in [-0.4, -0.2) is 31.3 Å². The molecule has 1 N–H and O–H groups in total. The number of carbonyl (C=O) groups excluding carboxylic acids is 1. The first-order valence-electron chi connectivity index (χ1n) is 8.15. The molecule has 1 aliphatic heterocycles. The van der Waals surface area contributed by atoms with E-state index in [1.54, 1.807) is 6.92 Å². The Morgan fingerprint density at radius 3 is 2.96 bits per heavy atom. The summed E-state index contributed by atoms with van der Waals surface area (Å²) in [6, 6.07) is 9.55. The van der Waals surface area contributed by atoms with E-state index in [0.29, 0.717) is 6.61 Å².